The molecule has 0 aliphatic heterocycles. The summed E-state index contributed by atoms with van der Waals surface area (Å²) in [4.78, 5) is 4.28. The van der Waals surface area contributed by atoms with Crippen molar-refractivity contribution in [3.8, 4) is 0 Å². The molecule has 0 aliphatic rings. The number of nitrogens with one attached hydrogen (secondary N) is 1. The number of aromatic nitrogens is 1. The van der Waals surface area contributed by atoms with Gasteiger partial charge in [-0.2, -0.15) is 0 Å². The van der Waals surface area contributed by atoms with Crippen LogP contribution in [-0.2, 0) is 10.0 Å². The smallest absolute Gasteiger partial charge is 0.246 e. The van der Waals surface area contributed by atoms with Crippen LogP contribution >= 0.6 is 15.9 Å². The summed E-state index contributed by atoms with van der Waals surface area (Å²) < 4.78 is 27.1. The molecule has 0 bridgehead atoms. The lowest BCUT2D eigenvalue weighted by Gasteiger charge is -2.20. The molecule has 1 aromatic heterocycles. The number of hydrogen-bond acceptors (Lipinski definition) is 5. The van der Waals surface area contributed by atoms with Crippen LogP contribution in [0.3, 0.4) is 0 Å². The van der Waals surface area contributed by atoms with E-state index in [2.05, 4.69) is 26.2 Å². The number of halogens is 1. The number of aliphatic hydroxyl groups is 1. The highest BCUT2D eigenvalue weighted by atomic mass is 79.9. The number of nitrogens with zero attached hydrogens (tertiary/aromatic N) is 2. The van der Waals surface area contributed by atoms with Gasteiger partial charge in [-0.1, -0.05) is 6.92 Å². The maximum Gasteiger partial charge on any atom is 0.246 e. The standard InChI is InChI=1S/C13H22BrN3O3S/c1-4-6-15-13-12(8-11(14)9-16-13)21(19,20)17(3)7-5-10(2)18/h8-10,18H,4-7H2,1-3H3,(H,15,16). The molecule has 0 aromatic carbocycles. The van der Waals surface area contributed by atoms with E-state index >= 15 is 0 Å². The number of aliphatic hydroxyl groups excluding tert-OH is 1. The molecule has 0 aliphatic carbocycles. The second kappa shape index (κ2) is 8.07. The average molecular weight is 380 g/mol. The minimum Gasteiger partial charge on any atom is -0.393 e. The lowest BCUT2D eigenvalue weighted by atomic mass is 10.3. The summed E-state index contributed by atoms with van der Waals surface area (Å²) >= 11 is 3.26. The van der Waals surface area contributed by atoms with Crippen LogP contribution in [0.2, 0.25) is 0 Å². The molecule has 0 fully saturated rings. The predicted molar refractivity (Wildman–Crippen MR) is 86.8 cm³/mol. The minimum absolute atomic E-state index is 0.137. The minimum atomic E-state index is -3.65. The lowest BCUT2D eigenvalue weighted by Crippen LogP contribution is -2.30. The van der Waals surface area contributed by atoms with Crippen molar-refractivity contribution < 1.29 is 13.5 Å². The first-order chi connectivity index (χ1) is 9.78. The molecule has 0 radical (unpaired) electrons. The fraction of sp³-hybridized carbons (Fsp3) is 0.615. The molecule has 21 heavy (non-hydrogen) atoms. The van der Waals surface area contributed by atoms with Gasteiger partial charge in [0.05, 0.1) is 6.10 Å². The summed E-state index contributed by atoms with van der Waals surface area (Å²) in [6, 6.07) is 1.54. The Labute approximate surface area is 134 Å². The summed E-state index contributed by atoms with van der Waals surface area (Å²) in [5.74, 6) is 0.351. The third-order valence-corrected chi connectivity index (χ3v) is 5.22. The molecule has 0 spiro atoms. The summed E-state index contributed by atoms with van der Waals surface area (Å²) in [6.45, 7) is 4.53. The van der Waals surface area contributed by atoms with Crippen LogP contribution in [0, 0.1) is 0 Å². The zero-order valence-electron chi connectivity index (χ0n) is 12.5. The van der Waals surface area contributed by atoms with E-state index in [9.17, 15) is 13.5 Å². The number of sulfonamides is 1. The van der Waals surface area contributed by atoms with Crippen LogP contribution in [-0.4, -0.2) is 49.1 Å². The first-order valence-corrected chi connectivity index (χ1v) is 9.06. The topological polar surface area (TPSA) is 82.5 Å². The fourth-order valence-corrected chi connectivity index (χ4v) is 3.46. The Morgan fingerprint density at radius 2 is 2.19 bits per heavy atom. The average Bonchev–Trinajstić information content (AvgIpc) is 2.43. The van der Waals surface area contributed by atoms with E-state index in [1.54, 1.807) is 19.2 Å². The van der Waals surface area contributed by atoms with E-state index in [-0.39, 0.29) is 11.4 Å². The van der Waals surface area contributed by atoms with Crippen molar-refractivity contribution in [2.45, 2.75) is 37.7 Å². The zero-order chi connectivity index (χ0) is 16.0. The Kier molecular flexibility index (Phi) is 7.05. The molecule has 120 valence electrons. The van der Waals surface area contributed by atoms with Crippen molar-refractivity contribution in [2.75, 3.05) is 25.5 Å². The van der Waals surface area contributed by atoms with Crippen molar-refractivity contribution in [2.24, 2.45) is 0 Å². The third kappa shape index (κ3) is 5.21. The van der Waals surface area contributed by atoms with Gasteiger partial charge in [0.25, 0.3) is 0 Å². The SMILES string of the molecule is CCCNc1ncc(Br)cc1S(=O)(=O)N(C)CCC(C)O. The van der Waals surface area contributed by atoms with Gasteiger partial charge < -0.3 is 10.4 Å². The highest BCUT2D eigenvalue weighted by molar-refractivity contribution is 9.10. The van der Waals surface area contributed by atoms with Crippen molar-refractivity contribution >= 4 is 31.8 Å². The van der Waals surface area contributed by atoms with E-state index in [4.69, 9.17) is 0 Å². The second-order valence-electron chi connectivity index (χ2n) is 4.89. The van der Waals surface area contributed by atoms with Gasteiger partial charge in [-0.3, -0.25) is 0 Å². The van der Waals surface area contributed by atoms with Crippen molar-refractivity contribution in [3.63, 3.8) is 0 Å². The Hall–Kier alpha value is -0.700. The van der Waals surface area contributed by atoms with Crippen LogP contribution in [0.25, 0.3) is 0 Å². The van der Waals surface area contributed by atoms with Gasteiger partial charge in [0.2, 0.25) is 10.0 Å². The van der Waals surface area contributed by atoms with Crippen LogP contribution in [0.1, 0.15) is 26.7 Å². The molecule has 0 saturated heterocycles. The molecule has 6 nitrogen and oxygen atoms in total. The summed E-state index contributed by atoms with van der Waals surface area (Å²) in [7, 11) is -2.15. The van der Waals surface area contributed by atoms with Crippen LogP contribution < -0.4 is 5.32 Å². The van der Waals surface area contributed by atoms with Crippen molar-refractivity contribution in [3.05, 3.63) is 16.7 Å². The Morgan fingerprint density at radius 1 is 1.52 bits per heavy atom. The molecule has 0 amide bonds. The molecular weight excluding hydrogens is 358 g/mol. The highest BCUT2D eigenvalue weighted by Crippen LogP contribution is 2.25. The molecule has 1 rings (SSSR count). The van der Waals surface area contributed by atoms with E-state index in [0.717, 1.165) is 6.42 Å². The largest absolute Gasteiger partial charge is 0.393 e. The third-order valence-electron chi connectivity index (χ3n) is 2.91. The lowest BCUT2D eigenvalue weighted by molar-refractivity contribution is 0.177. The molecule has 0 saturated carbocycles. The van der Waals surface area contributed by atoms with Crippen molar-refractivity contribution in [1.29, 1.82) is 0 Å². The fourth-order valence-electron chi connectivity index (χ4n) is 1.65. The van der Waals surface area contributed by atoms with Gasteiger partial charge in [0, 0.05) is 30.8 Å². The van der Waals surface area contributed by atoms with E-state index in [1.807, 2.05) is 6.92 Å². The number of anilines is 1. The first-order valence-electron chi connectivity index (χ1n) is 6.82. The zero-order valence-corrected chi connectivity index (χ0v) is 14.9. The number of pyridine rings is 1. The van der Waals surface area contributed by atoms with Crippen LogP contribution in [0.4, 0.5) is 5.82 Å². The van der Waals surface area contributed by atoms with Gasteiger partial charge in [-0.05, 0) is 41.8 Å². The monoisotopic (exact) mass is 379 g/mol. The van der Waals surface area contributed by atoms with Crippen LogP contribution in [0.15, 0.2) is 21.6 Å². The maximum absolute atomic E-state index is 12.6. The number of rotatable bonds is 8. The van der Waals surface area contributed by atoms with Gasteiger partial charge in [-0.25, -0.2) is 17.7 Å². The molecule has 1 atom stereocenters. The van der Waals surface area contributed by atoms with Crippen LogP contribution in [0.5, 0.6) is 0 Å². The van der Waals surface area contributed by atoms with E-state index in [0.29, 0.717) is 23.3 Å². The molecule has 8 heteroatoms. The normalized spacial score (nSPS) is 13.4. The van der Waals surface area contributed by atoms with Crippen molar-refractivity contribution in [1.82, 2.24) is 9.29 Å². The molecule has 1 heterocycles. The quantitative estimate of drug-likeness (QED) is 0.722. The highest BCUT2D eigenvalue weighted by Gasteiger charge is 2.25. The van der Waals surface area contributed by atoms with Gasteiger partial charge in [0.15, 0.2) is 0 Å². The van der Waals surface area contributed by atoms with Gasteiger partial charge >= 0.3 is 0 Å². The molecule has 2 N–H and O–H groups in total. The summed E-state index contributed by atoms with van der Waals surface area (Å²) in [5, 5.41) is 12.3. The molecule has 1 unspecified atom stereocenters. The summed E-state index contributed by atoms with van der Waals surface area (Å²) in [6.07, 6.45) is 2.28. The van der Waals surface area contributed by atoms with Gasteiger partial charge in [-0.15, -0.1) is 0 Å². The number of hydrogen-bond donors (Lipinski definition) is 2. The molecule has 1 aromatic rings. The second-order valence-corrected chi connectivity index (χ2v) is 7.82. The maximum atomic E-state index is 12.6. The Bertz CT molecular complexity index is 564. The molecular formula is C13H22BrN3O3S. The van der Waals surface area contributed by atoms with Gasteiger partial charge in [0.1, 0.15) is 10.7 Å². The van der Waals surface area contributed by atoms with E-state index in [1.165, 1.54) is 11.4 Å². The Balaban J connectivity index is 3.08. The Morgan fingerprint density at radius 3 is 2.76 bits per heavy atom. The first kappa shape index (κ1) is 18.3. The summed E-state index contributed by atoms with van der Waals surface area (Å²) in [5.41, 5.74) is 0. The predicted octanol–water partition coefficient (Wildman–Crippen LogP) is 2.06. The van der Waals surface area contributed by atoms with E-state index < -0.39 is 16.1 Å².